The Labute approximate surface area is 175 Å². The third kappa shape index (κ3) is 7.09. The number of nitrogens with one attached hydrogen (secondary N) is 2. The average Bonchev–Trinajstić information content (AvgIpc) is 2.69. The van der Waals surface area contributed by atoms with Crippen molar-refractivity contribution in [3.05, 3.63) is 64.7 Å². The van der Waals surface area contributed by atoms with Crippen molar-refractivity contribution in [3.63, 3.8) is 0 Å². The Balaban J connectivity index is 1.86. The Bertz CT molecular complexity index is 783. The van der Waals surface area contributed by atoms with E-state index >= 15 is 0 Å². The lowest BCUT2D eigenvalue weighted by Gasteiger charge is -2.18. The fourth-order valence-electron chi connectivity index (χ4n) is 2.49. The van der Waals surface area contributed by atoms with Crippen molar-refractivity contribution < 1.29 is 14.3 Å². The van der Waals surface area contributed by atoms with E-state index in [1.165, 1.54) is 0 Å². The first-order chi connectivity index (χ1) is 13.5. The summed E-state index contributed by atoms with van der Waals surface area (Å²) in [6.07, 6.45) is 2.49. The molecule has 1 atom stereocenters. The number of halogens is 1. The number of thioether (sulfide) groups is 1. The van der Waals surface area contributed by atoms with Gasteiger partial charge in [0.2, 0.25) is 5.91 Å². The molecule has 0 heterocycles. The van der Waals surface area contributed by atoms with E-state index in [1.807, 2.05) is 37.4 Å². The topological polar surface area (TPSA) is 67.4 Å². The molecular formula is C21H25ClN2O3S. The minimum Gasteiger partial charge on any atom is -0.492 e. The van der Waals surface area contributed by atoms with Crippen LogP contribution in [-0.2, 0) is 4.79 Å². The first kappa shape index (κ1) is 22.1. The molecule has 0 bridgehead atoms. The molecule has 2 aromatic rings. The molecule has 0 aliphatic heterocycles. The molecular weight excluding hydrogens is 396 g/mol. The van der Waals surface area contributed by atoms with Gasteiger partial charge in [-0.3, -0.25) is 9.59 Å². The minimum absolute atomic E-state index is 0.234. The van der Waals surface area contributed by atoms with Crippen LogP contribution in [0.25, 0.3) is 0 Å². The number of hydrogen-bond acceptors (Lipinski definition) is 4. The van der Waals surface area contributed by atoms with Gasteiger partial charge >= 0.3 is 0 Å². The number of benzene rings is 2. The van der Waals surface area contributed by atoms with E-state index < -0.39 is 6.04 Å². The molecule has 0 unspecified atom stereocenters. The Morgan fingerprint density at radius 3 is 2.54 bits per heavy atom. The zero-order chi connectivity index (χ0) is 20.4. The number of amides is 2. The Morgan fingerprint density at radius 2 is 1.86 bits per heavy atom. The summed E-state index contributed by atoms with van der Waals surface area (Å²) in [5.74, 6) is 0.913. The number of carbonyl (C=O) groups excluding carboxylic acids is 2. The molecule has 0 saturated carbocycles. The van der Waals surface area contributed by atoms with Gasteiger partial charge in [0.05, 0.1) is 17.1 Å². The highest BCUT2D eigenvalue weighted by Crippen LogP contribution is 2.15. The molecule has 150 valence electrons. The van der Waals surface area contributed by atoms with E-state index in [1.54, 1.807) is 36.0 Å². The SMILES string of the molecule is CSCC[C@H](NC(=O)c1ccccc1Cl)C(=O)NCCOc1ccc(C)cc1. The molecule has 7 heteroatoms. The van der Waals surface area contributed by atoms with E-state index in [0.29, 0.717) is 30.2 Å². The highest BCUT2D eigenvalue weighted by molar-refractivity contribution is 7.98. The zero-order valence-electron chi connectivity index (χ0n) is 16.0. The predicted molar refractivity (Wildman–Crippen MR) is 115 cm³/mol. The van der Waals surface area contributed by atoms with E-state index in [0.717, 1.165) is 17.1 Å². The molecule has 2 rings (SSSR count). The van der Waals surface area contributed by atoms with Crippen LogP contribution in [0.1, 0.15) is 22.3 Å². The van der Waals surface area contributed by atoms with Crippen LogP contribution < -0.4 is 15.4 Å². The molecule has 0 radical (unpaired) electrons. The summed E-state index contributed by atoms with van der Waals surface area (Å²) in [5.41, 5.74) is 1.51. The summed E-state index contributed by atoms with van der Waals surface area (Å²) in [6.45, 7) is 2.71. The van der Waals surface area contributed by atoms with Crippen molar-refractivity contribution >= 4 is 35.2 Å². The van der Waals surface area contributed by atoms with Crippen molar-refractivity contribution in [3.8, 4) is 5.75 Å². The number of carbonyl (C=O) groups is 2. The molecule has 5 nitrogen and oxygen atoms in total. The lowest BCUT2D eigenvalue weighted by Crippen LogP contribution is -2.48. The molecule has 0 spiro atoms. The van der Waals surface area contributed by atoms with Gasteiger partial charge in [-0.15, -0.1) is 0 Å². The molecule has 0 aliphatic rings. The van der Waals surface area contributed by atoms with Gasteiger partial charge in [-0.1, -0.05) is 41.4 Å². The molecule has 2 N–H and O–H groups in total. The zero-order valence-corrected chi connectivity index (χ0v) is 17.6. The lowest BCUT2D eigenvalue weighted by molar-refractivity contribution is -0.123. The molecule has 2 amide bonds. The smallest absolute Gasteiger partial charge is 0.253 e. The first-order valence-corrected chi connectivity index (χ1v) is 10.8. The van der Waals surface area contributed by atoms with Crippen LogP contribution in [0.5, 0.6) is 5.75 Å². The van der Waals surface area contributed by atoms with Crippen molar-refractivity contribution in [2.75, 3.05) is 25.2 Å². The van der Waals surface area contributed by atoms with Crippen molar-refractivity contribution in [1.29, 1.82) is 0 Å². The van der Waals surface area contributed by atoms with Crippen LogP contribution >= 0.6 is 23.4 Å². The normalized spacial score (nSPS) is 11.5. The van der Waals surface area contributed by atoms with Crippen LogP contribution in [-0.4, -0.2) is 43.0 Å². The highest BCUT2D eigenvalue weighted by atomic mass is 35.5. The average molecular weight is 421 g/mol. The van der Waals surface area contributed by atoms with Crippen LogP contribution in [0.2, 0.25) is 5.02 Å². The molecule has 0 fully saturated rings. The quantitative estimate of drug-likeness (QED) is 0.575. The molecule has 0 aromatic heterocycles. The van der Waals surface area contributed by atoms with Gasteiger partial charge in [-0.2, -0.15) is 11.8 Å². The second kappa shape index (κ2) is 11.6. The number of aryl methyl sites for hydroxylation is 1. The van der Waals surface area contributed by atoms with Crippen LogP contribution in [0, 0.1) is 6.92 Å². The number of rotatable bonds is 10. The van der Waals surface area contributed by atoms with Crippen LogP contribution in [0.15, 0.2) is 48.5 Å². The Morgan fingerprint density at radius 1 is 1.14 bits per heavy atom. The maximum atomic E-state index is 12.5. The number of ether oxygens (including phenoxy) is 1. The highest BCUT2D eigenvalue weighted by Gasteiger charge is 2.21. The fraction of sp³-hybridized carbons (Fsp3) is 0.333. The molecule has 2 aromatic carbocycles. The first-order valence-electron chi connectivity index (χ1n) is 9.02. The predicted octanol–water partition coefficient (Wildman–Crippen LogP) is 3.70. The van der Waals surface area contributed by atoms with Gasteiger partial charge in [0.1, 0.15) is 18.4 Å². The van der Waals surface area contributed by atoms with Crippen molar-refractivity contribution in [2.24, 2.45) is 0 Å². The number of hydrogen-bond donors (Lipinski definition) is 2. The summed E-state index contributed by atoms with van der Waals surface area (Å²) < 4.78 is 5.61. The lowest BCUT2D eigenvalue weighted by atomic mass is 10.1. The van der Waals surface area contributed by atoms with E-state index in [-0.39, 0.29) is 11.8 Å². The van der Waals surface area contributed by atoms with Gasteiger partial charge in [-0.05, 0) is 49.6 Å². The van der Waals surface area contributed by atoms with Crippen LogP contribution in [0.3, 0.4) is 0 Å². The third-order valence-electron chi connectivity index (χ3n) is 4.04. The molecule has 0 saturated heterocycles. The molecule has 0 aliphatic carbocycles. The summed E-state index contributed by atoms with van der Waals surface area (Å²) >= 11 is 7.69. The fourth-order valence-corrected chi connectivity index (χ4v) is 3.18. The summed E-state index contributed by atoms with van der Waals surface area (Å²) in [5, 5.41) is 5.96. The van der Waals surface area contributed by atoms with Gasteiger partial charge in [0.15, 0.2) is 0 Å². The summed E-state index contributed by atoms with van der Waals surface area (Å²) in [4.78, 5) is 25.0. The Hall–Kier alpha value is -2.18. The van der Waals surface area contributed by atoms with Gasteiger partial charge < -0.3 is 15.4 Å². The monoisotopic (exact) mass is 420 g/mol. The second-order valence-corrected chi connectivity index (χ2v) is 7.63. The van der Waals surface area contributed by atoms with Crippen molar-refractivity contribution in [2.45, 2.75) is 19.4 Å². The standard InChI is InChI=1S/C21H25ClN2O3S/c1-15-7-9-16(10-8-15)27-13-12-23-21(26)19(11-14-28-2)24-20(25)17-5-3-4-6-18(17)22/h3-10,19H,11-14H2,1-2H3,(H,23,26)(H,24,25)/t19-/m0/s1. The Kier molecular flexibility index (Phi) is 9.17. The van der Waals surface area contributed by atoms with Gasteiger partial charge in [0.25, 0.3) is 5.91 Å². The molecule has 28 heavy (non-hydrogen) atoms. The third-order valence-corrected chi connectivity index (χ3v) is 5.02. The van der Waals surface area contributed by atoms with Gasteiger partial charge in [0, 0.05) is 0 Å². The van der Waals surface area contributed by atoms with E-state index in [9.17, 15) is 9.59 Å². The maximum Gasteiger partial charge on any atom is 0.253 e. The van der Waals surface area contributed by atoms with E-state index in [4.69, 9.17) is 16.3 Å². The van der Waals surface area contributed by atoms with E-state index in [2.05, 4.69) is 10.6 Å². The summed E-state index contributed by atoms with van der Waals surface area (Å²) in [7, 11) is 0. The van der Waals surface area contributed by atoms with Crippen LogP contribution in [0.4, 0.5) is 0 Å². The van der Waals surface area contributed by atoms with Gasteiger partial charge in [-0.25, -0.2) is 0 Å². The summed E-state index contributed by atoms with van der Waals surface area (Å²) in [6, 6.07) is 13.9. The largest absolute Gasteiger partial charge is 0.492 e. The minimum atomic E-state index is -0.629. The second-order valence-electron chi connectivity index (χ2n) is 6.24. The maximum absolute atomic E-state index is 12.5. The van der Waals surface area contributed by atoms with Crippen molar-refractivity contribution in [1.82, 2.24) is 10.6 Å².